The van der Waals surface area contributed by atoms with E-state index < -0.39 is 11.6 Å². The zero-order valence-corrected chi connectivity index (χ0v) is 16.6. The molecule has 1 amide bonds. The second kappa shape index (κ2) is 7.66. The van der Waals surface area contributed by atoms with Crippen molar-refractivity contribution in [3.8, 4) is 0 Å². The number of likely N-dealkylation sites (tertiary alicyclic amines) is 1. The van der Waals surface area contributed by atoms with Crippen LogP contribution in [0.4, 0.5) is 5.69 Å². The van der Waals surface area contributed by atoms with Crippen LogP contribution < -0.4 is 5.32 Å². The minimum Gasteiger partial charge on any atom is -0.355 e. The zero-order valence-electron chi connectivity index (χ0n) is 16.6. The predicted molar refractivity (Wildman–Crippen MR) is 113 cm³/mol. The summed E-state index contributed by atoms with van der Waals surface area (Å²) < 4.78 is 0. The average molecular weight is 388 g/mol. The van der Waals surface area contributed by atoms with Gasteiger partial charge in [0.2, 0.25) is 11.6 Å². The highest BCUT2D eigenvalue weighted by Gasteiger charge is 2.29. The molecule has 2 atom stereocenters. The maximum Gasteiger partial charge on any atom is 0.254 e. The molecule has 4 rings (SSSR count). The van der Waals surface area contributed by atoms with Gasteiger partial charge in [0.15, 0.2) is 0 Å². The van der Waals surface area contributed by atoms with E-state index in [4.69, 9.17) is 0 Å². The number of rotatable bonds is 3. The fourth-order valence-electron chi connectivity index (χ4n) is 4.25. The van der Waals surface area contributed by atoms with Crippen molar-refractivity contribution < 1.29 is 14.4 Å². The van der Waals surface area contributed by atoms with Crippen molar-refractivity contribution in [1.29, 1.82) is 0 Å². The predicted octanol–water partition coefficient (Wildman–Crippen LogP) is 4.31. The summed E-state index contributed by atoms with van der Waals surface area (Å²) in [7, 11) is 0. The molecule has 1 aliphatic heterocycles. The van der Waals surface area contributed by atoms with Gasteiger partial charge in [0.25, 0.3) is 5.91 Å². The highest BCUT2D eigenvalue weighted by molar-refractivity contribution is 6.50. The minimum absolute atomic E-state index is 0.0549. The van der Waals surface area contributed by atoms with E-state index >= 15 is 0 Å². The quantitative estimate of drug-likeness (QED) is 0.796. The summed E-state index contributed by atoms with van der Waals surface area (Å²) in [6.45, 7) is 4.21. The van der Waals surface area contributed by atoms with E-state index in [9.17, 15) is 14.4 Å². The summed E-state index contributed by atoms with van der Waals surface area (Å²) in [5.41, 5.74) is 3.10. The number of benzene rings is 2. The normalized spacial score (nSPS) is 21.4. The third-order valence-electron chi connectivity index (χ3n) is 5.80. The second-order valence-corrected chi connectivity index (χ2v) is 7.84. The molecule has 0 saturated carbocycles. The van der Waals surface area contributed by atoms with Crippen LogP contribution in [0.2, 0.25) is 0 Å². The number of fused-ring (bicyclic) bond motifs is 1. The van der Waals surface area contributed by atoms with E-state index in [1.54, 1.807) is 24.3 Å². The molecule has 29 heavy (non-hydrogen) atoms. The fourth-order valence-corrected chi connectivity index (χ4v) is 4.25. The lowest BCUT2D eigenvalue weighted by Crippen LogP contribution is -2.47. The Bertz CT molecular complexity index is 997. The molecule has 148 valence electrons. The lowest BCUT2D eigenvalue weighted by molar-refractivity contribution is -0.111. The van der Waals surface area contributed by atoms with Gasteiger partial charge in [0, 0.05) is 40.5 Å². The Hall–Kier alpha value is -3.21. The fraction of sp³-hybridized carbons (Fsp3) is 0.292. The number of amides is 1. The van der Waals surface area contributed by atoms with Crippen molar-refractivity contribution in [3.05, 3.63) is 71.3 Å². The molecule has 2 aromatic rings. The van der Waals surface area contributed by atoms with Crippen molar-refractivity contribution >= 4 is 28.9 Å². The number of anilines is 1. The third-order valence-corrected chi connectivity index (χ3v) is 5.80. The van der Waals surface area contributed by atoms with Gasteiger partial charge < -0.3 is 10.2 Å². The summed E-state index contributed by atoms with van der Waals surface area (Å²) in [4.78, 5) is 39.1. The number of carbonyl (C=O) groups excluding carboxylic acids is 3. The number of piperidine rings is 1. The number of allylic oxidation sites excluding steroid dienone is 1. The Labute approximate surface area is 170 Å². The van der Waals surface area contributed by atoms with Crippen LogP contribution >= 0.6 is 0 Å². The molecule has 1 saturated heterocycles. The van der Waals surface area contributed by atoms with E-state index in [2.05, 4.69) is 19.2 Å². The van der Waals surface area contributed by atoms with Gasteiger partial charge in [-0.05, 0) is 57.4 Å². The Morgan fingerprint density at radius 2 is 1.55 bits per heavy atom. The van der Waals surface area contributed by atoms with Gasteiger partial charge in [-0.3, -0.25) is 14.4 Å². The van der Waals surface area contributed by atoms with Crippen molar-refractivity contribution in [3.63, 3.8) is 0 Å². The smallest absolute Gasteiger partial charge is 0.254 e. The zero-order chi connectivity index (χ0) is 20.5. The van der Waals surface area contributed by atoms with Crippen LogP contribution in [-0.2, 0) is 4.79 Å². The highest BCUT2D eigenvalue weighted by atomic mass is 16.2. The largest absolute Gasteiger partial charge is 0.355 e. The number of nitrogens with one attached hydrogen (secondary N) is 1. The van der Waals surface area contributed by atoms with Crippen LogP contribution in [0.3, 0.4) is 0 Å². The molecule has 0 aromatic heterocycles. The van der Waals surface area contributed by atoms with E-state index in [1.807, 2.05) is 29.2 Å². The Balaban J connectivity index is 1.55. The molecule has 1 fully saturated rings. The Morgan fingerprint density at radius 1 is 0.931 bits per heavy atom. The van der Waals surface area contributed by atoms with E-state index in [0.29, 0.717) is 22.4 Å². The van der Waals surface area contributed by atoms with Gasteiger partial charge in [-0.25, -0.2) is 0 Å². The number of ketones is 2. The topological polar surface area (TPSA) is 66.5 Å². The molecule has 5 nitrogen and oxygen atoms in total. The molecule has 5 heteroatoms. The first kappa shape index (κ1) is 19.1. The number of hydrogen-bond donors (Lipinski definition) is 1. The summed E-state index contributed by atoms with van der Waals surface area (Å²) in [6, 6.07) is 14.8. The van der Waals surface area contributed by atoms with Crippen LogP contribution in [0.1, 0.15) is 59.4 Å². The van der Waals surface area contributed by atoms with Gasteiger partial charge in [0.05, 0.1) is 5.70 Å². The Morgan fingerprint density at radius 3 is 2.21 bits per heavy atom. The van der Waals surface area contributed by atoms with Gasteiger partial charge in [-0.1, -0.05) is 24.3 Å². The molecular formula is C24H24N2O3. The van der Waals surface area contributed by atoms with Crippen molar-refractivity contribution in [1.82, 2.24) is 4.90 Å². The van der Waals surface area contributed by atoms with E-state index in [1.165, 1.54) is 6.08 Å². The number of Topliss-reactive ketones (excluding diaryl/α,β-unsaturated/α-hetero) is 1. The maximum absolute atomic E-state index is 13.0. The van der Waals surface area contributed by atoms with Gasteiger partial charge in [0.1, 0.15) is 0 Å². The number of nitrogens with zero attached hydrogens (tertiary/aromatic N) is 1. The van der Waals surface area contributed by atoms with Gasteiger partial charge >= 0.3 is 0 Å². The van der Waals surface area contributed by atoms with E-state index in [0.717, 1.165) is 24.9 Å². The molecule has 1 heterocycles. The average Bonchev–Trinajstić information content (AvgIpc) is 2.72. The first-order chi connectivity index (χ1) is 14.0. The van der Waals surface area contributed by atoms with Gasteiger partial charge in [-0.15, -0.1) is 0 Å². The van der Waals surface area contributed by atoms with Crippen LogP contribution in [0, 0.1) is 0 Å². The molecule has 2 unspecified atom stereocenters. The molecular weight excluding hydrogens is 364 g/mol. The molecule has 0 radical (unpaired) electrons. The molecule has 2 aromatic carbocycles. The van der Waals surface area contributed by atoms with E-state index in [-0.39, 0.29) is 18.0 Å². The van der Waals surface area contributed by atoms with Crippen LogP contribution in [0.5, 0.6) is 0 Å². The first-order valence-electron chi connectivity index (χ1n) is 10.0. The van der Waals surface area contributed by atoms with Crippen molar-refractivity contribution in [2.75, 3.05) is 5.32 Å². The molecule has 0 bridgehead atoms. The third kappa shape index (κ3) is 3.60. The number of carbonyl (C=O) groups is 3. The first-order valence-corrected chi connectivity index (χ1v) is 10.0. The van der Waals surface area contributed by atoms with Crippen molar-refractivity contribution in [2.45, 2.75) is 45.2 Å². The minimum atomic E-state index is -0.536. The molecule has 2 aliphatic rings. The summed E-state index contributed by atoms with van der Waals surface area (Å²) in [5, 5.41) is 3.21. The molecule has 1 aliphatic carbocycles. The molecule has 0 spiro atoms. The van der Waals surface area contributed by atoms with Crippen molar-refractivity contribution in [2.24, 2.45) is 0 Å². The van der Waals surface area contributed by atoms with Crippen LogP contribution in [0.25, 0.3) is 5.70 Å². The Kier molecular flexibility index (Phi) is 5.05. The summed E-state index contributed by atoms with van der Waals surface area (Å²) >= 11 is 0. The lowest BCUT2D eigenvalue weighted by Gasteiger charge is -2.39. The van der Waals surface area contributed by atoms with Gasteiger partial charge in [-0.2, -0.15) is 0 Å². The standard InChI is InChI=1S/C24H24N2O3/c1-15-6-5-7-16(2)26(15)24(29)17-10-12-18(13-11-17)25-21-14-22(27)23(28)20-9-4-3-8-19(20)21/h3-4,8-16,25H,5-7H2,1-2H3. The summed E-state index contributed by atoms with van der Waals surface area (Å²) in [5.74, 6) is -0.970. The number of hydrogen-bond acceptors (Lipinski definition) is 4. The monoisotopic (exact) mass is 388 g/mol. The lowest BCUT2D eigenvalue weighted by atomic mass is 9.92. The molecule has 1 N–H and O–H groups in total. The maximum atomic E-state index is 13.0. The van der Waals surface area contributed by atoms with Crippen LogP contribution in [0.15, 0.2) is 54.6 Å². The highest BCUT2D eigenvalue weighted by Crippen LogP contribution is 2.28. The summed E-state index contributed by atoms with van der Waals surface area (Å²) in [6.07, 6.45) is 4.57. The van der Waals surface area contributed by atoms with Crippen LogP contribution in [-0.4, -0.2) is 34.5 Å². The second-order valence-electron chi connectivity index (χ2n) is 7.84. The SMILES string of the molecule is CC1CCCC(C)N1C(=O)c1ccc(NC2=CC(=O)C(=O)c3ccccc32)cc1.